The highest BCUT2D eigenvalue weighted by atomic mass is 16.2. The van der Waals surface area contributed by atoms with Gasteiger partial charge in [0, 0.05) is 7.11 Å². The van der Waals surface area contributed by atoms with Crippen LogP contribution in [0.1, 0.15) is 1.43 Å². The van der Waals surface area contributed by atoms with Gasteiger partial charge in [-0.15, -0.1) is 0 Å². The predicted molar refractivity (Wildman–Crippen MR) is 16.4 cm³/mol. The fraction of sp³-hybridized carbons (Fsp3) is 0.500. The minimum Gasteiger partial charge on any atom is -0.400 e. The summed E-state index contributed by atoms with van der Waals surface area (Å²) in [6.07, 6.45) is 0. The van der Waals surface area contributed by atoms with Crippen molar-refractivity contribution in [1.82, 2.24) is 0 Å². The van der Waals surface area contributed by atoms with Crippen molar-refractivity contribution in [3.8, 4) is 0 Å². The van der Waals surface area contributed by atoms with E-state index in [-0.39, 0.29) is 1.43 Å². The molecule has 0 aromatic carbocycles. The molecule has 0 aromatic rings. The van der Waals surface area contributed by atoms with E-state index in [9.17, 15) is 0 Å². The fourth-order valence-electron chi connectivity index (χ4n) is 0. The summed E-state index contributed by atoms with van der Waals surface area (Å²) in [5.74, 6) is 0. The first-order valence-corrected chi connectivity index (χ1v) is 0.736. The lowest BCUT2D eigenvalue weighted by Crippen LogP contribution is -1.25. The number of hydrogen-bond acceptors (Lipinski definition) is 2. The van der Waals surface area contributed by atoms with Crippen molar-refractivity contribution >= 4 is 6.79 Å². The number of carbonyl (C=O) groups excluding carboxylic acids is 1. The van der Waals surface area contributed by atoms with Crippen molar-refractivity contribution in [1.29, 1.82) is 0 Å². The smallest absolute Gasteiger partial charge is 0.400 e. The van der Waals surface area contributed by atoms with Crippen LogP contribution < -0.4 is 0 Å². The zero-order valence-corrected chi connectivity index (χ0v) is 2.56. The average Bonchev–Trinajstić information content (AvgIpc) is 1.50. The van der Waals surface area contributed by atoms with E-state index in [1.54, 1.807) is 0 Å². The molecule has 4 heavy (non-hydrogen) atoms. The quantitative estimate of drug-likeness (QED) is 0.413. The zero-order chi connectivity index (χ0) is 4.00. The first-order chi connectivity index (χ1) is 2.00. The highest BCUT2D eigenvalue weighted by Crippen LogP contribution is 0.755. The third-order valence-corrected chi connectivity index (χ3v) is 0. The Labute approximate surface area is 26.6 Å². The molecule has 0 saturated heterocycles. The molecule has 0 atom stereocenters. The van der Waals surface area contributed by atoms with Crippen molar-refractivity contribution in [2.24, 2.45) is 0 Å². The number of carbonyl (C=O) groups is 1. The van der Waals surface area contributed by atoms with E-state index < -0.39 is 0 Å². The maximum atomic E-state index is 8.00. The summed E-state index contributed by atoms with van der Waals surface area (Å²) >= 11 is 0. The highest BCUT2D eigenvalue weighted by molar-refractivity contribution is 5.10. The number of rotatable bonds is 0. The van der Waals surface area contributed by atoms with Crippen LogP contribution in [-0.2, 0) is 4.79 Å². The second-order valence-corrected chi connectivity index (χ2v) is 0. The van der Waals surface area contributed by atoms with Crippen LogP contribution in [-0.4, -0.2) is 19.0 Å². The molecule has 0 heterocycles. The summed E-state index contributed by atoms with van der Waals surface area (Å²) in [6.45, 7) is 2.00. The molecule has 0 amide bonds. The largest absolute Gasteiger partial charge is 1.00 e. The van der Waals surface area contributed by atoms with Gasteiger partial charge in [0.2, 0.25) is 0 Å². The summed E-state index contributed by atoms with van der Waals surface area (Å²) in [5.41, 5.74) is 0. The van der Waals surface area contributed by atoms with Gasteiger partial charge in [-0.25, -0.2) is 0 Å². The molecule has 26 valence electrons. The van der Waals surface area contributed by atoms with Gasteiger partial charge in [-0.2, -0.15) is 0 Å². The third-order valence-electron chi connectivity index (χ3n) is 0. The van der Waals surface area contributed by atoms with E-state index in [0.29, 0.717) is 0 Å². The standard InChI is InChI=1S/CH4O.CH2O/c2*1-2/h2H,1H3;1H2/p+1. The summed E-state index contributed by atoms with van der Waals surface area (Å²) in [5, 5.41) is 7.00. The van der Waals surface area contributed by atoms with E-state index in [2.05, 4.69) is 0 Å². The second kappa shape index (κ2) is 51.0. The van der Waals surface area contributed by atoms with Crippen molar-refractivity contribution in [3.63, 3.8) is 0 Å². The summed E-state index contributed by atoms with van der Waals surface area (Å²) in [4.78, 5) is 8.00. The van der Waals surface area contributed by atoms with Crippen LogP contribution in [0.5, 0.6) is 0 Å². The SMILES string of the molecule is C=O.CO.[H+]. The topological polar surface area (TPSA) is 37.3 Å². The average molecular weight is 63.1 g/mol. The van der Waals surface area contributed by atoms with Gasteiger partial charge in [-0.3, -0.25) is 0 Å². The molecule has 0 bridgehead atoms. The molecule has 0 aliphatic heterocycles. The molecule has 0 unspecified atom stereocenters. The van der Waals surface area contributed by atoms with Crippen LogP contribution in [0.2, 0.25) is 0 Å². The van der Waals surface area contributed by atoms with E-state index in [4.69, 9.17) is 9.90 Å². The Morgan fingerprint density at radius 1 is 1.75 bits per heavy atom. The van der Waals surface area contributed by atoms with Crippen LogP contribution in [0.3, 0.4) is 0 Å². The predicted octanol–water partition coefficient (Wildman–Crippen LogP) is -0.464. The van der Waals surface area contributed by atoms with Crippen LogP contribution in [0, 0.1) is 0 Å². The van der Waals surface area contributed by atoms with Crippen LogP contribution in [0.4, 0.5) is 0 Å². The zero-order valence-electron chi connectivity index (χ0n) is 3.56. The summed E-state index contributed by atoms with van der Waals surface area (Å²) < 4.78 is 0. The Morgan fingerprint density at radius 2 is 1.75 bits per heavy atom. The van der Waals surface area contributed by atoms with E-state index >= 15 is 0 Å². The van der Waals surface area contributed by atoms with Crippen LogP contribution in [0.15, 0.2) is 0 Å². The van der Waals surface area contributed by atoms with Gasteiger partial charge in [0.05, 0.1) is 0 Å². The molecule has 0 saturated carbocycles. The molecule has 0 aliphatic rings. The molecule has 2 nitrogen and oxygen atoms in total. The molecule has 0 aliphatic carbocycles. The Morgan fingerprint density at radius 3 is 1.75 bits per heavy atom. The minimum absolute atomic E-state index is 0. The highest BCUT2D eigenvalue weighted by Gasteiger charge is 0.839. The van der Waals surface area contributed by atoms with Gasteiger partial charge in [-0.05, 0) is 0 Å². The van der Waals surface area contributed by atoms with Gasteiger partial charge < -0.3 is 9.90 Å². The Kier molecular flexibility index (Phi) is 121. The first-order valence-electron chi connectivity index (χ1n) is 0.736. The molecular formula is C2H7O2+. The number of aliphatic hydroxyl groups excluding tert-OH is 1. The second-order valence-electron chi connectivity index (χ2n) is 0. The summed E-state index contributed by atoms with van der Waals surface area (Å²) in [7, 11) is 1.00. The fourth-order valence-corrected chi connectivity index (χ4v) is 0. The monoisotopic (exact) mass is 63.0 g/mol. The lowest BCUT2D eigenvalue weighted by Gasteiger charge is -1.21. The molecule has 1 N–H and O–H groups in total. The number of hydrogen-bond donors (Lipinski definition) is 1. The number of aliphatic hydroxyl groups is 1. The van der Waals surface area contributed by atoms with Crippen LogP contribution in [0.25, 0.3) is 0 Å². The molecule has 0 rings (SSSR count). The van der Waals surface area contributed by atoms with Gasteiger partial charge in [0.15, 0.2) is 0 Å². The molecule has 2 heteroatoms. The van der Waals surface area contributed by atoms with E-state index in [1.807, 2.05) is 6.79 Å². The van der Waals surface area contributed by atoms with E-state index in [0.717, 1.165) is 7.11 Å². The van der Waals surface area contributed by atoms with Gasteiger partial charge in [-0.1, -0.05) is 0 Å². The van der Waals surface area contributed by atoms with Crippen molar-refractivity contribution in [2.75, 3.05) is 7.11 Å². The molecule has 0 fully saturated rings. The lowest BCUT2D eigenvalue weighted by atomic mass is 11.8. The third kappa shape index (κ3) is 4.73. The van der Waals surface area contributed by atoms with Gasteiger partial charge >= 0.3 is 1.43 Å². The van der Waals surface area contributed by atoms with Crippen molar-refractivity contribution in [3.05, 3.63) is 0 Å². The molecule has 0 spiro atoms. The molecular weight excluding hydrogens is 56.0 g/mol. The summed E-state index contributed by atoms with van der Waals surface area (Å²) in [6, 6.07) is 0. The normalized spacial score (nSPS) is 2.50. The Balaban J connectivity index is -0.0000000133. The minimum atomic E-state index is 0. The first kappa shape index (κ1) is 9.45. The van der Waals surface area contributed by atoms with Gasteiger partial charge in [0.1, 0.15) is 6.79 Å². The van der Waals surface area contributed by atoms with Crippen molar-refractivity contribution < 1.29 is 11.3 Å². The molecule has 0 radical (unpaired) electrons. The molecule has 0 aromatic heterocycles. The lowest BCUT2D eigenvalue weighted by molar-refractivity contribution is -0.0979. The Hall–Kier alpha value is -0.370. The maximum absolute atomic E-state index is 8.00. The van der Waals surface area contributed by atoms with E-state index in [1.165, 1.54) is 0 Å². The maximum Gasteiger partial charge on any atom is 1.00 e. The van der Waals surface area contributed by atoms with Crippen LogP contribution >= 0.6 is 0 Å². The Bertz CT molecular complexity index is 7.61. The van der Waals surface area contributed by atoms with Crippen molar-refractivity contribution in [2.45, 2.75) is 0 Å². The van der Waals surface area contributed by atoms with Gasteiger partial charge in [0.25, 0.3) is 0 Å².